The number of rotatable bonds is 5. The molecule has 0 spiro atoms. The van der Waals surface area contributed by atoms with Gasteiger partial charge >= 0.3 is 5.97 Å². The molecule has 4 heteroatoms. The molecule has 0 aromatic carbocycles. The number of methoxy groups -OCH3 is 2. The molecule has 0 rings (SSSR count). The normalized spacial score (nSPS) is 12.6. The van der Waals surface area contributed by atoms with Gasteiger partial charge in [-0.3, -0.25) is 4.79 Å². The monoisotopic (exact) mass is 178 g/mol. The van der Waals surface area contributed by atoms with Gasteiger partial charge in [0.1, 0.15) is 0 Å². The Hall–Kier alpha value is -0.220. The molecule has 0 aliphatic rings. The summed E-state index contributed by atoms with van der Waals surface area (Å²) in [5.74, 6) is 0.651. The molecule has 0 bridgehead atoms. The molecule has 0 aliphatic heterocycles. The second-order valence-corrected chi connectivity index (χ2v) is 3.48. The fraction of sp³-hybridized carbons (Fsp3) is 0.857. The second-order valence-electron chi connectivity index (χ2n) is 2.03. The Morgan fingerprint density at radius 1 is 1.55 bits per heavy atom. The zero-order valence-corrected chi connectivity index (χ0v) is 7.94. The SMILES string of the molecule is COCCSC(C)C(=O)OC. The zero-order valence-electron chi connectivity index (χ0n) is 7.12. The molecular formula is C7H14O3S. The standard InChI is InChI=1S/C7H14O3S/c1-6(7(8)10-3)11-5-4-9-2/h6H,4-5H2,1-3H3. The smallest absolute Gasteiger partial charge is 0.318 e. The largest absolute Gasteiger partial charge is 0.468 e. The van der Waals surface area contributed by atoms with Gasteiger partial charge in [0.25, 0.3) is 0 Å². The predicted molar refractivity (Wildman–Crippen MR) is 45.8 cm³/mol. The molecule has 3 nitrogen and oxygen atoms in total. The molecule has 0 aromatic heterocycles. The lowest BCUT2D eigenvalue weighted by atomic mass is 10.5. The minimum Gasteiger partial charge on any atom is -0.468 e. The van der Waals surface area contributed by atoms with Gasteiger partial charge in [-0.05, 0) is 6.92 Å². The first kappa shape index (κ1) is 10.8. The summed E-state index contributed by atoms with van der Waals surface area (Å²) in [4.78, 5) is 10.8. The summed E-state index contributed by atoms with van der Waals surface area (Å²) in [5.41, 5.74) is 0. The lowest BCUT2D eigenvalue weighted by Gasteiger charge is -2.07. The number of ether oxygens (including phenoxy) is 2. The van der Waals surface area contributed by atoms with Crippen molar-refractivity contribution in [3.05, 3.63) is 0 Å². The minimum atomic E-state index is -0.175. The molecule has 1 atom stereocenters. The summed E-state index contributed by atoms with van der Waals surface area (Å²) >= 11 is 1.53. The van der Waals surface area contributed by atoms with E-state index < -0.39 is 0 Å². The minimum absolute atomic E-state index is 0.0878. The summed E-state index contributed by atoms with van der Waals surface area (Å²) in [6.07, 6.45) is 0. The number of carbonyl (C=O) groups is 1. The topological polar surface area (TPSA) is 35.5 Å². The van der Waals surface area contributed by atoms with Crippen LogP contribution in [-0.2, 0) is 14.3 Å². The summed E-state index contributed by atoms with van der Waals surface area (Å²) in [7, 11) is 3.04. The molecule has 1 unspecified atom stereocenters. The van der Waals surface area contributed by atoms with Crippen LogP contribution >= 0.6 is 11.8 Å². The average Bonchev–Trinajstić information content (AvgIpc) is 2.03. The maximum absolute atomic E-state index is 10.8. The molecule has 0 radical (unpaired) electrons. The van der Waals surface area contributed by atoms with Gasteiger partial charge in [0.15, 0.2) is 0 Å². The molecule has 0 heterocycles. The molecule has 0 saturated heterocycles. The lowest BCUT2D eigenvalue weighted by Crippen LogP contribution is -2.15. The summed E-state index contributed by atoms with van der Waals surface area (Å²) in [6, 6.07) is 0. The van der Waals surface area contributed by atoms with Crippen molar-refractivity contribution in [3.63, 3.8) is 0 Å². The number of thioether (sulfide) groups is 1. The van der Waals surface area contributed by atoms with Crippen molar-refractivity contribution in [2.24, 2.45) is 0 Å². The van der Waals surface area contributed by atoms with E-state index in [0.717, 1.165) is 5.75 Å². The Kier molecular flexibility index (Phi) is 6.36. The van der Waals surface area contributed by atoms with Crippen molar-refractivity contribution in [1.82, 2.24) is 0 Å². The Labute approximate surface area is 71.4 Å². The first-order valence-corrected chi connectivity index (χ1v) is 4.45. The molecule has 0 saturated carbocycles. The number of esters is 1. The van der Waals surface area contributed by atoms with Crippen LogP contribution in [0.2, 0.25) is 0 Å². The van der Waals surface area contributed by atoms with Crippen LogP contribution in [0.15, 0.2) is 0 Å². The van der Waals surface area contributed by atoms with E-state index in [1.54, 1.807) is 7.11 Å². The van der Waals surface area contributed by atoms with Crippen LogP contribution in [0.5, 0.6) is 0 Å². The number of hydrogen-bond donors (Lipinski definition) is 0. The highest BCUT2D eigenvalue weighted by molar-refractivity contribution is 8.00. The maximum atomic E-state index is 10.8. The van der Waals surface area contributed by atoms with Crippen LogP contribution in [-0.4, -0.2) is 37.8 Å². The van der Waals surface area contributed by atoms with Crippen molar-refractivity contribution >= 4 is 17.7 Å². The van der Waals surface area contributed by atoms with E-state index in [9.17, 15) is 4.79 Å². The quantitative estimate of drug-likeness (QED) is 0.463. The van der Waals surface area contributed by atoms with E-state index in [1.165, 1.54) is 18.9 Å². The van der Waals surface area contributed by atoms with Crippen molar-refractivity contribution in [3.8, 4) is 0 Å². The third-order valence-electron chi connectivity index (χ3n) is 1.19. The highest BCUT2D eigenvalue weighted by Crippen LogP contribution is 2.10. The van der Waals surface area contributed by atoms with Crippen LogP contribution in [0.25, 0.3) is 0 Å². The Morgan fingerprint density at radius 2 is 2.18 bits per heavy atom. The fourth-order valence-corrected chi connectivity index (χ4v) is 1.39. The van der Waals surface area contributed by atoms with Gasteiger partial charge in [-0.15, -0.1) is 11.8 Å². The maximum Gasteiger partial charge on any atom is 0.318 e. The van der Waals surface area contributed by atoms with Crippen molar-refractivity contribution in [2.75, 3.05) is 26.6 Å². The van der Waals surface area contributed by atoms with E-state index in [1.807, 2.05) is 6.92 Å². The van der Waals surface area contributed by atoms with Crippen molar-refractivity contribution in [2.45, 2.75) is 12.2 Å². The highest BCUT2D eigenvalue weighted by Gasteiger charge is 2.12. The zero-order chi connectivity index (χ0) is 8.69. The summed E-state index contributed by atoms with van der Waals surface area (Å²) in [6.45, 7) is 2.50. The number of hydrogen-bond acceptors (Lipinski definition) is 4. The highest BCUT2D eigenvalue weighted by atomic mass is 32.2. The summed E-state index contributed by atoms with van der Waals surface area (Å²) in [5, 5.41) is -0.0878. The van der Waals surface area contributed by atoms with Crippen LogP contribution in [0, 0.1) is 0 Å². The fourth-order valence-electron chi connectivity index (χ4n) is 0.542. The van der Waals surface area contributed by atoms with Crippen molar-refractivity contribution in [1.29, 1.82) is 0 Å². The molecular weight excluding hydrogens is 164 g/mol. The van der Waals surface area contributed by atoms with Gasteiger partial charge in [-0.1, -0.05) is 0 Å². The van der Waals surface area contributed by atoms with E-state index >= 15 is 0 Å². The average molecular weight is 178 g/mol. The van der Waals surface area contributed by atoms with Gasteiger partial charge in [0.05, 0.1) is 19.0 Å². The van der Waals surface area contributed by atoms with Crippen LogP contribution in [0.4, 0.5) is 0 Å². The van der Waals surface area contributed by atoms with Gasteiger partial charge in [-0.25, -0.2) is 0 Å². The van der Waals surface area contributed by atoms with Gasteiger partial charge in [0.2, 0.25) is 0 Å². The number of carbonyl (C=O) groups excluding carboxylic acids is 1. The lowest BCUT2D eigenvalue weighted by molar-refractivity contribution is -0.139. The summed E-state index contributed by atoms with van der Waals surface area (Å²) < 4.78 is 9.37. The Bertz CT molecular complexity index is 116. The third-order valence-corrected chi connectivity index (χ3v) is 2.28. The first-order valence-electron chi connectivity index (χ1n) is 3.40. The molecule has 0 amide bonds. The predicted octanol–water partition coefficient (Wildman–Crippen LogP) is 0.927. The molecule has 66 valence electrons. The Morgan fingerprint density at radius 3 is 2.64 bits per heavy atom. The van der Waals surface area contributed by atoms with Crippen LogP contribution < -0.4 is 0 Å². The van der Waals surface area contributed by atoms with Gasteiger partial charge < -0.3 is 9.47 Å². The van der Waals surface area contributed by atoms with E-state index in [4.69, 9.17) is 4.74 Å². The molecule has 0 fully saturated rings. The van der Waals surface area contributed by atoms with Crippen molar-refractivity contribution < 1.29 is 14.3 Å². The van der Waals surface area contributed by atoms with Crippen LogP contribution in [0.1, 0.15) is 6.92 Å². The first-order chi connectivity index (χ1) is 5.22. The van der Waals surface area contributed by atoms with Gasteiger partial charge in [-0.2, -0.15) is 0 Å². The van der Waals surface area contributed by atoms with Crippen LogP contribution in [0.3, 0.4) is 0 Å². The van der Waals surface area contributed by atoms with E-state index in [-0.39, 0.29) is 11.2 Å². The molecule has 11 heavy (non-hydrogen) atoms. The second kappa shape index (κ2) is 6.49. The molecule has 0 N–H and O–H groups in total. The third kappa shape index (κ3) is 5.09. The Balaban J connectivity index is 3.36. The molecule has 0 aliphatic carbocycles. The van der Waals surface area contributed by atoms with E-state index in [0.29, 0.717) is 6.61 Å². The van der Waals surface area contributed by atoms with Gasteiger partial charge in [0, 0.05) is 12.9 Å². The molecule has 0 aromatic rings. The van der Waals surface area contributed by atoms with E-state index in [2.05, 4.69) is 4.74 Å².